The maximum Gasteiger partial charge on any atom is 0.361 e. The summed E-state index contributed by atoms with van der Waals surface area (Å²) in [6, 6.07) is 10.0. The summed E-state index contributed by atoms with van der Waals surface area (Å²) in [5.74, 6) is -0.958. The highest BCUT2D eigenvalue weighted by Crippen LogP contribution is 2.15. The Morgan fingerprint density at radius 1 is 1.14 bits per heavy atom. The van der Waals surface area contributed by atoms with E-state index < -0.39 is 16.2 Å². The van der Waals surface area contributed by atoms with E-state index in [0.717, 1.165) is 0 Å². The zero-order valence-electron chi connectivity index (χ0n) is 10.5. The van der Waals surface area contributed by atoms with Gasteiger partial charge in [-0.3, -0.25) is 0 Å². The Hall–Kier alpha value is -2.81. The second-order valence-corrected chi connectivity index (χ2v) is 5.14. The molecule has 2 aromatic rings. The number of carbonyl (C=O) groups is 1. The number of carboxylic acids is 1. The third-order valence-corrected chi connectivity index (χ3v) is 3.04. The second-order valence-electron chi connectivity index (χ2n) is 3.83. The molecule has 0 radical (unpaired) electrons. The van der Waals surface area contributed by atoms with Crippen molar-refractivity contribution in [3.8, 4) is 0 Å². The predicted octanol–water partition coefficient (Wildman–Crippen LogP) is 2.22. The molecule has 0 aliphatic heterocycles. The Labute approximate surface area is 120 Å². The summed E-state index contributed by atoms with van der Waals surface area (Å²) in [6.07, 6.45) is 1.43. The van der Waals surface area contributed by atoms with Crippen molar-refractivity contribution < 1.29 is 18.3 Å². The molecule has 0 atom stereocenters. The number of aromatic nitrogens is 1. The molecule has 0 saturated heterocycles. The minimum Gasteiger partial charge on any atom is -0.478 e. The van der Waals surface area contributed by atoms with Crippen LogP contribution in [-0.2, 0) is 10.2 Å². The van der Waals surface area contributed by atoms with Crippen LogP contribution in [0.15, 0.2) is 58.3 Å². The van der Waals surface area contributed by atoms with E-state index in [9.17, 15) is 13.2 Å². The number of nitrogens with zero attached hydrogens (tertiary/aromatic N) is 3. The third kappa shape index (κ3) is 4.35. The Balaban J connectivity index is 2.10. The van der Waals surface area contributed by atoms with Crippen LogP contribution < -0.4 is 4.72 Å². The van der Waals surface area contributed by atoms with Gasteiger partial charge in [0.25, 0.3) is 0 Å². The van der Waals surface area contributed by atoms with Crippen LogP contribution in [0.2, 0.25) is 0 Å². The lowest BCUT2D eigenvalue weighted by molar-refractivity contribution is 0.0697. The van der Waals surface area contributed by atoms with Crippen LogP contribution in [0.5, 0.6) is 0 Å². The van der Waals surface area contributed by atoms with E-state index >= 15 is 0 Å². The molecule has 0 bridgehead atoms. The number of hydrogen-bond donors (Lipinski definition) is 2. The topological polar surface area (TPSA) is 121 Å². The van der Waals surface area contributed by atoms with Crippen LogP contribution in [-0.4, -0.2) is 24.5 Å². The fourth-order valence-corrected chi connectivity index (χ4v) is 1.97. The van der Waals surface area contributed by atoms with E-state index in [-0.39, 0.29) is 17.1 Å². The molecule has 0 fully saturated rings. The molecule has 0 amide bonds. The fraction of sp³-hybridized carbons (Fsp3) is 0. The van der Waals surface area contributed by atoms with Crippen molar-refractivity contribution in [1.29, 1.82) is 0 Å². The molecule has 1 aromatic carbocycles. The van der Waals surface area contributed by atoms with Crippen LogP contribution in [0.25, 0.3) is 0 Å². The first-order valence-electron chi connectivity index (χ1n) is 5.66. The molecule has 0 aliphatic carbocycles. The molecule has 1 heterocycles. The summed E-state index contributed by atoms with van der Waals surface area (Å²) in [7, 11) is -4.03. The van der Waals surface area contributed by atoms with Crippen molar-refractivity contribution in [3.05, 3.63) is 54.2 Å². The van der Waals surface area contributed by atoms with Crippen molar-refractivity contribution in [2.75, 3.05) is 4.72 Å². The Kier molecular flexibility index (Phi) is 4.24. The smallest absolute Gasteiger partial charge is 0.361 e. The SMILES string of the molecule is O=C(O)c1ccc(N=NS(=O)(=O)Nc2ccccn2)cc1. The highest BCUT2D eigenvalue weighted by molar-refractivity contribution is 7.91. The molecule has 2 N–H and O–H groups in total. The number of carboxylic acid groups (broad SMARTS) is 1. The molecular weight excluding hydrogens is 296 g/mol. The van der Waals surface area contributed by atoms with Gasteiger partial charge in [0.2, 0.25) is 0 Å². The van der Waals surface area contributed by atoms with Gasteiger partial charge in [0.1, 0.15) is 5.82 Å². The van der Waals surface area contributed by atoms with E-state index in [2.05, 4.69) is 19.3 Å². The normalized spacial score (nSPS) is 11.4. The monoisotopic (exact) mass is 306 g/mol. The first kappa shape index (κ1) is 14.6. The number of benzene rings is 1. The second kappa shape index (κ2) is 6.09. The molecule has 9 heteroatoms. The summed E-state index contributed by atoms with van der Waals surface area (Å²) < 4.78 is 28.6. The van der Waals surface area contributed by atoms with Gasteiger partial charge in [0.05, 0.1) is 11.3 Å². The predicted molar refractivity (Wildman–Crippen MR) is 74.7 cm³/mol. The van der Waals surface area contributed by atoms with Gasteiger partial charge >= 0.3 is 16.2 Å². The van der Waals surface area contributed by atoms with E-state index in [0.29, 0.717) is 0 Å². The van der Waals surface area contributed by atoms with Crippen LogP contribution in [0.4, 0.5) is 11.5 Å². The minimum atomic E-state index is -4.03. The molecular formula is C12H10N4O4S. The molecule has 108 valence electrons. The van der Waals surface area contributed by atoms with Gasteiger partial charge in [-0.2, -0.15) is 8.42 Å². The standard InChI is InChI=1S/C12H10N4O4S/c17-12(18)9-4-6-10(7-5-9)14-16-21(19,20)15-11-3-1-2-8-13-11/h1-8H,(H,13,15)(H,17,18). The summed E-state index contributed by atoms with van der Waals surface area (Å²) >= 11 is 0. The zero-order chi connectivity index (χ0) is 15.3. The lowest BCUT2D eigenvalue weighted by Crippen LogP contribution is -2.09. The zero-order valence-corrected chi connectivity index (χ0v) is 11.4. The van der Waals surface area contributed by atoms with E-state index in [4.69, 9.17) is 5.11 Å². The van der Waals surface area contributed by atoms with Crippen LogP contribution in [0.3, 0.4) is 0 Å². The Morgan fingerprint density at radius 3 is 2.43 bits per heavy atom. The number of rotatable bonds is 5. The number of hydrogen-bond acceptors (Lipinski definition) is 5. The summed E-state index contributed by atoms with van der Waals surface area (Å²) in [5.41, 5.74) is 0.287. The maximum absolute atomic E-state index is 11.6. The molecule has 8 nitrogen and oxygen atoms in total. The summed E-state index contributed by atoms with van der Waals surface area (Å²) in [4.78, 5) is 14.5. The van der Waals surface area contributed by atoms with Crippen molar-refractivity contribution in [3.63, 3.8) is 0 Å². The fourth-order valence-electron chi connectivity index (χ4n) is 1.35. The molecule has 1 aromatic heterocycles. The quantitative estimate of drug-likeness (QED) is 0.820. The van der Waals surface area contributed by atoms with Gasteiger partial charge in [-0.05, 0) is 40.9 Å². The van der Waals surface area contributed by atoms with Gasteiger partial charge in [-0.25, -0.2) is 14.5 Å². The van der Waals surface area contributed by atoms with Gasteiger partial charge in [0, 0.05) is 6.20 Å². The van der Waals surface area contributed by atoms with Crippen LogP contribution in [0, 0.1) is 0 Å². The number of anilines is 1. The minimum absolute atomic E-state index is 0.0726. The molecule has 2 rings (SSSR count). The van der Waals surface area contributed by atoms with Gasteiger partial charge < -0.3 is 5.11 Å². The average molecular weight is 306 g/mol. The van der Waals surface area contributed by atoms with E-state index in [1.807, 2.05) is 0 Å². The van der Waals surface area contributed by atoms with E-state index in [1.165, 1.54) is 36.5 Å². The van der Waals surface area contributed by atoms with Crippen molar-refractivity contribution in [1.82, 2.24) is 4.98 Å². The molecule has 0 spiro atoms. The lowest BCUT2D eigenvalue weighted by atomic mass is 10.2. The number of nitrogens with one attached hydrogen (secondary N) is 1. The maximum atomic E-state index is 11.6. The summed E-state index contributed by atoms with van der Waals surface area (Å²) in [6.45, 7) is 0. The number of pyridine rings is 1. The van der Waals surface area contributed by atoms with Gasteiger partial charge in [-0.15, -0.1) is 5.11 Å². The molecule has 21 heavy (non-hydrogen) atoms. The van der Waals surface area contributed by atoms with Crippen molar-refractivity contribution in [2.45, 2.75) is 0 Å². The first-order chi connectivity index (χ1) is 9.96. The third-order valence-electron chi connectivity index (χ3n) is 2.28. The first-order valence-corrected chi connectivity index (χ1v) is 7.10. The Morgan fingerprint density at radius 2 is 1.86 bits per heavy atom. The van der Waals surface area contributed by atoms with Crippen LogP contribution >= 0.6 is 0 Å². The summed E-state index contributed by atoms with van der Waals surface area (Å²) in [5, 5.41) is 12.3. The van der Waals surface area contributed by atoms with Gasteiger partial charge in [-0.1, -0.05) is 6.07 Å². The molecule has 0 saturated carbocycles. The molecule has 0 unspecified atom stereocenters. The highest BCUT2D eigenvalue weighted by atomic mass is 32.2. The Bertz CT molecular complexity index is 758. The van der Waals surface area contributed by atoms with Crippen molar-refractivity contribution in [2.24, 2.45) is 9.63 Å². The average Bonchev–Trinajstić information content (AvgIpc) is 2.46. The van der Waals surface area contributed by atoms with Crippen LogP contribution in [0.1, 0.15) is 10.4 Å². The van der Waals surface area contributed by atoms with E-state index in [1.54, 1.807) is 12.1 Å². The lowest BCUT2D eigenvalue weighted by Gasteiger charge is -2.00. The largest absolute Gasteiger partial charge is 0.478 e. The highest BCUT2D eigenvalue weighted by Gasteiger charge is 2.08. The number of aromatic carboxylic acids is 1. The van der Waals surface area contributed by atoms with Gasteiger partial charge in [0.15, 0.2) is 0 Å². The van der Waals surface area contributed by atoms with Crippen molar-refractivity contribution >= 4 is 27.7 Å². The molecule has 0 aliphatic rings.